The lowest BCUT2D eigenvalue weighted by Gasteiger charge is -1.91. The second-order valence-electron chi connectivity index (χ2n) is 2.69. The molecule has 68 valence electrons. The molecule has 0 aliphatic carbocycles. The van der Waals surface area contributed by atoms with Crippen molar-refractivity contribution in [2.75, 3.05) is 7.05 Å². The molecule has 1 saturated heterocycles. The Kier molecular flexibility index (Phi) is 2.74. The normalized spacial score (nSPS) is 19.9. The second kappa shape index (κ2) is 3.80. The van der Waals surface area contributed by atoms with Crippen LogP contribution in [-0.2, 0) is 9.59 Å². The van der Waals surface area contributed by atoms with E-state index in [0.29, 0.717) is 11.1 Å². The van der Waals surface area contributed by atoms with E-state index in [1.807, 2.05) is 0 Å². The molecule has 0 atom stereocenters. The molecule has 2 amide bonds. The van der Waals surface area contributed by atoms with E-state index in [1.54, 1.807) is 13.1 Å². The number of aliphatic imine (C=N–C) groups is 1. The molecule has 1 fully saturated rings. The Hall–Kier alpha value is -1.71. The van der Waals surface area contributed by atoms with Crippen LogP contribution in [0, 0.1) is 0 Å². The number of imide groups is 1. The fourth-order valence-corrected chi connectivity index (χ4v) is 1.05. The van der Waals surface area contributed by atoms with E-state index in [2.05, 4.69) is 16.9 Å². The zero-order valence-electron chi connectivity index (χ0n) is 7.33. The van der Waals surface area contributed by atoms with Crippen LogP contribution in [0.25, 0.3) is 0 Å². The van der Waals surface area contributed by atoms with Crippen molar-refractivity contribution in [1.29, 1.82) is 0 Å². The van der Waals surface area contributed by atoms with Crippen molar-refractivity contribution in [1.82, 2.24) is 5.32 Å². The molecule has 4 nitrogen and oxygen atoms in total. The van der Waals surface area contributed by atoms with Gasteiger partial charge in [0.2, 0.25) is 5.91 Å². The minimum Gasteiger partial charge on any atom is -0.296 e. The first-order valence-electron chi connectivity index (χ1n) is 3.79. The highest BCUT2D eigenvalue weighted by Crippen LogP contribution is 2.10. The highest BCUT2D eigenvalue weighted by Gasteiger charge is 2.23. The van der Waals surface area contributed by atoms with E-state index < -0.39 is 0 Å². The third-order valence-electron chi connectivity index (χ3n) is 1.55. The molecule has 0 saturated carbocycles. The number of carbonyl (C=O) groups excluding carboxylic acids is 2. The van der Waals surface area contributed by atoms with Gasteiger partial charge in [0, 0.05) is 18.8 Å². The zero-order valence-corrected chi connectivity index (χ0v) is 7.33. The number of rotatable bonds is 2. The molecule has 4 heteroatoms. The largest absolute Gasteiger partial charge is 0.296 e. The zero-order chi connectivity index (χ0) is 9.84. The fraction of sp³-hybridized carbons (Fsp3) is 0.222. The number of nitrogens with one attached hydrogen (secondary N) is 1. The molecule has 0 aromatic heterocycles. The molecule has 1 N–H and O–H groups in total. The van der Waals surface area contributed by atoms with Gasteiger partial charge in [-0.3, -0.25) is 19.9 Å². The molecule has 1 rings (SSSR count). The molecule has 13 heavy (non-hydrogen) atoms. The van der Waals surface area contributed by atoms with Crippen LogP contribution in [0.15, 0.2) is 28.8 Å². The Balaban J connectivity index is 2.77. The summed E-state index contributed by atoms with van der Waals surface area (Å²) in [5.41, 5.74) is 1.05. The van der Waals surface area contributed by atoms with Gasteiger partial charge in [-0.2, -0.15) is 0 Å². The van der Waals surface area contributed by atoms with E-state index in [-0.39, 0.29) is 18.2 Å². The van der Waals surface area contributed by atoms with Gasteiger partial charge >= 0.3 is 0 Å². The molecule has 1 aliphatic heterocycles. The van der Waals surface area contributed by atoms with Crippen LogP contribution in [0.3, 0.4) is 0 Å². The van der Waals surface area contributed by atoms with Crippen molar-refractivity contribution in [2.45, 2.75) is 6.42 Å². The predicted molar refractivity (Wildman–Crippen MR) is 49.4 cm³/mol. The number of hydrogen-bond donors (Lipinski definition) is 1. The number of carbonyl (C=O) groups is 2. The Morgan fingerprint density at radius 3 is 2.77 bits per heavy atom. The summed E-state index contributed by atoms with van der Waals surface area (Å²) >= 11 is 0. The molecule has 1 heterocycles. The average molecular weight is 178 g/mol. The van der Waals surface area contributed by atoms with Crippen LogP contribution in [0.5, 0.6) is 0 Å². The minimum absolute atomic E-state index is 0.134. The molecule has 0 spiro atoms. The second-order valence-corrected chi connectivity index (χ2v) is 2.69. The molecular weight excluding hydrogens is 168 g/mol. The molecule has 0 unspecified atom stereocenters. The summed E-state index contributed by atoms with van der Waals surface area (Å²) in [4.78, 5) is 25.5. The molecule has 1 aliphatic rings. The van der Waals surface area contributed by atoms with Crippen molar-refractivity contribution >= 4 is 18.0 Å². The summed E-state index contributed by atoms with van der Waals surface area (Å²) in [5, 5.41) is 2.18. The van der Waals surface area contributed by atoms with Gasteiger partial charge in [-0.25, -0.2) is 0 Å². The Morgan fingerprint density at radius 2 is 2.31 bits per heavy atom. The predicted octanol–water partition coefficient (Wildman–Crippen LogP) is 0.216. The number of allylic oxidation sites excluding steroid dienone is 2. The molecule has 0 bridgehead atoms. The first-order valence-corrected chi connectivity index (χ1v) is 3.79. The maximum Gasteiger partial charge on any atom is 0.254 e. The third-order valence-corrected chi connectivity index (χ3v) is 1.55. The lowest BCUT2D eigenvalue weighted by molar-refractivity contribution is -0.124. The average Bonchev–Trinajstić information content (AvgIpc) is 2.30. The van der Waals surface area contributed by atoms with Crippen molar-refractivity contribution in [3.63, 3.8) is 0 Å². The topological polar surface area (TPSA) is 58.5 Å². The van der Waals surface area contributed by atoms with Crippen LogP contribution >= 0.6 is 0 Å². The first kappa shape index (κ1) is 9.38. The van der Waals surface area contributed by atoms with Gasteiger partial charge in [0.25, 0.3) is 5.91 Å². The summed E-state index contributed by atoms with van der Waals surface area (Å²) in [6, 6.07) is 0. The van der Waals surface area contributed by atoms with Gasteiger partial charge in [0.05, 0.1) is 6.42 Å². The Bertz CT molecular complexity index is 327. The van der Waals surface area contributed by atoms with E-state index >= 15 is 0 Å². The summed E-state index contributed by atoms with van der Waals surface area (Å²) in [7, 11) is 1.61. The van der Waals surface area contributed by atoms with Crippen molar-refractivity contribution in [3.8, 4) is 0 Å². The Labute approximate surface area is 76.0 Å². The van der Waals surface area contributed by atoms with Gasteiger partial charge in [0.15, 0.2) is 0 Å². The maximum absolute atomic E-state index is 11.0. The van der Waals surface area contributed by atoms with E-state index in [9.17, 15) is 9.59 Å². The smallest absolute Gasteiger partial charge is 0.254 e. The van der Waals surface area contributed by atoms with Crippen LogP contribution in [0.1, 0.15) is 6.42 Å². The maximum atomic E-state index is 11.0. The number of hydrogen-bond acceptors (Lipinski definition) is 3. The molecule has 0 aromatic carbocycles. The SMILES string of the molecule is C=C(C=NC)C=C1CC(=O)NC1=O. The van der Waals surface area contributed by atoms with E-state index in [1.165, 1.54) is 6.21 Å². The lowest BCUT2D eigenvalue weighted by atomic mass is 10.1. The molecule has 0 radical (unpaired) electrons. The van der Waals surface area contributed by atoms with Crippen molar-refractivity contribution in [2.24, 2.45) is 4.99 Å². The first-order chi connectivity index (χ1) is 6.13. The summed E-state index contributed by atoms with van der Waals surface area (Å²) < 4.78 is 0. The molecular formula is C9H10N2O2. The summed E-state index contributed by atoms with van der Waals surface area (Å²) in [5.74, 6) is -0.604. The Morgan fingerprint density at radius 1 is 1.62 bits per heavy atom. The van der Waals surface area contributed by atoms with Crippen LogP contribution in [0.2, 0.25) is 0 Å². The summed E-state index contributed by atoms with van der Waals surface area (Å²) in [6.07, 6.45) is 3.23. The monoisotopic (exact) mass is 178 g/mol. The van der Waals surface area contributed by atoms with Crippen molar-refractivity contribution < 1.29 is 9.59 Å². The third kappa shape index (κ3) is 2.37. The van der Waals surface area contributed by atoms with Crippen LogP contribution < -0.4 is 5.32 Å². The fourth-order valence-electron chi connectivity index (χ4n) is 1.05. The quantitative estimate of drug-likeness (QED) is 0.373. The van der Waals surface area contributed by atoms with Gasteiger partial charge in [-0.15, -0.1) is 0 Å². The van der Waals surface area contributed by atoms with E-state index in [4.69, 9.17) is 0 Å². The highest BCUT2D eigenvalue weighted by molar-refractivity contribution is 6.14. The van der Waals surface area contributed by atoms with Crippen molar-refractivity contribution in [3.05, 3.63) is 23.8 Å². The standard InChI is InChI=1S/C9H10N2O2/c1-6(5-10-2)3-7-4-8(12)11-9(7)13/h3,5H,1,4H2,2H3,(H,11,12,13). The molecule has 0 aromatic rings. The van der Waals surface area contributed by atoms with E-state index in [0.717, 1.165) is 0 Å². The summed E-state index contributed by atoms with van der Waals surface area (Å²) in [6.45, 7) is 3.65. The number of nitrogens with zero attached hydrogens (tertiary/aromatic N) is 1. The van der Waals surface area contributed by atoms with Gasteiger partial charge < -0.3 is 0 Å². The van der Waals surface area contributed by atoms with Gasteiger partial charge in [-0.05, 0) is 11.6 Å². The van der Waals surface area contributed by atoms with Crippen LogP contribution in [-0.4, -0.2) is 25.1 Å². The lowest BCUT2D eigenvalue weighted by Crippen LogP contribution is -2.19. The highest BCUT2D eigenvalue weighted by atomic mass is 16.2. The minimum atomic E-state index is -0.337. The number of amides is 2. The van der Waals surface area contributed by atoms with Crippen LogP contribution in [0.4, 0.5) is 0 Å². The van der Waals surface area contributed by atoms with Gasteiger partial charge in [0.1, 0.15) is 0 Å². The van der Waals surface area contributed by atoms with Gasteiger partial charge in [-0.1, -0.05) is 6.58 Å².